The van der Waals surface area contributed by atoms with Crippen LogP contribution < -0.4 is 0 Å². The summed E-state index contributed by atoms with van der Waals surface area (Å²) < 4.78 is 124. The number of hydrogen-bond donors (Lipinski definition) is 0. The van der Waals surface area contributed by atoms with Crippen molar-refractivity contribution in [1.29, 1.82) is 0 Å². The largest absolute Gasteiger partial charge is 0.523 e. The van der Waals surface area contributed by atoms with Gasteiger partial charge in [0, 0.05) is 17.0 Å². The number of hydrogen-bond acceptors (Lipinski definition) is 1. The van der Waals surface area contributed by atoms with Crippen molar-refractivity contribution >= 4 is 0 Å². The Hall–Kier alpha value is -2.94. The minimum atomic E-state index is -5.15. The first kappa shape index (κ1) is 30.0. The molecule has 0 bridgehead atoms. The molecule has 1 aliphatic rings. The maximum absolute atomic E-state index is 15.7. The quantitative estimate of drug-likeness (QED) is 0.193. The molecule has 0 radical (unpaired) electrons. The van der Waals surface area contributed by atoms with Crippen molar-refractivity contribution < 1.29 is 39.9 Å². The van der Waals surface area contributed by atoms with Crippen molar-refractivity contribution in [3.05, 3.63) is 83.2 Å². The molecular formula is C31H30F8O. The summed E-state index contributed by atoms with van der Waals surface area (Å²) in [5.41, 5.74) is -4.26. The highest BCUT2D eigenvalue weighted by atomic mass is 19.4. The predicted molar refractivity (Wildman–Crippen MR) is 137 cm³/mol. The van der Waals surface area contributed by atoms with Crippen molar-refractivity contribution in [1.82, 2.24) is 0 Å². The minimum absolute atomic E-state index is 0.185. The highest BCUT2D eigenvalue weighted by Crippen LogP contribution is 2.53. The molecule has 3 atom stereocenters. The van der Waals surface area contributed by atoms with Crippen LogP contribution in [0, 0.1) is 35.0 Å². The molecule has 9 heteroatoms. The predicted octanol–water partition coefficient (Wildman–Crippen LogP) is 10.5. The van der Waals surface area contributed by atoms with E-state index in [1.165, 1.54) is 13.0 Å². The second-order valence-corrected chi connectivity index (χ2v) is 10.3. The molecule has 0 aliphatic heterocycles. The normalized spacial score (nSPS) is 20.5. The van der Waals surface area contributed by atoms with Crippen LogP contribution in [0.3, 0.4) is 0 Å². The number of ether oxygens (including phenoxy) is 1. The Bertz CT molecular complexity index is 1310. The smallest absolute Gasteiger partial charge is 0.284 e. The second-order valence-electron chi connectivity index (χ2n) is 10.3. The zero-order valence-electron chi connectivity index (χ0n) is 22.2. The summed E-state index contributed by atoms with van der Waals surface area (Å²) in [5, 5.41) is 0. The molecule has 3 unspecified atom stereocenters. The van der Waals surface area contributed by atoms with Crippen molar-refractivity contribution in [3.8, 4) is 22.3 Å². The van der Waals surface area contributed by atoms with Crippen molar-refractivity contribution in [2.75, 3.05) is 0 Å². The Morgan fingerprint density at radius 3 is 2.05 bits per heavy atom. The first-order valence-electron chi connectivity index (χ1n) is 13.4. The van der Waals surface area contributed by atoms with Crippen LogP contribution in [-0.4, -0.2) is 12.0 Å². The molecule has 3 aromatic rings. The first-order chi connectivity index (χ1) is 18.9. The van der Waals surface area contributed by atoms with E-state index in [1.807, 2.05) is 0 Å². The lowest BCUT2D eigenvalue weighted by Gasteiger charge is -2.49. The molecule has 0 heterocycles. The molecule has 40 heavy (non-hydrogen) atoms. The van der Waals surface area contributed by atoms with Gasteiger partial charge < -0.3 is 0 Å². The fourth-order valence-corrected chi connectivity index (χ4v) is 6.37. The fraction of sp³-hybridized carbons (Fsp3) is 0.419. The van der Waals surface area contributed by atoms with E-state index in [0.29, 0.717) is 30.4 Å². The van der Waals surface area contributed by atoms with Gasteiger partial charge in [-0.25, -0.2) is 22.0 Å². The van der Waals surface area contributed by atoms with Gasteiger partial charge in [0.05, 0.1) is 11.2 Å². The number of benzene rings is 3. The van der Waals surface area contributed by atoms with Gasteiger partial charge in [-0.15, -0.1) is 13.2 Å². The lowest BCUT2D eigenvalue weighted by molar-refractivity contribution is -0.384. The van der Waals surface area contributed by atoms with E-state index in [2.05, 4.69) is 4.74 Å². The second kappa shape index (κ2) is 11.9. The average Bonchev–Trinajstić information content (AvgIpc) is 2.92. The van der Waals surface area contributed by atoms with E-state index in [4.69, 9.17) is 0 Å². The maximum Gasteiger partial charge on any atom is 0.523 e. The van der Waals surface area contributed by atoms with E-state index in [-0.39, 0.29) is 25.7 Å². The molecule has 0 aromatic heterocycles. The van der Waals surface area contributed by atoms with Gasteiger partial charge in [0.1, 0.15) is 5.82 Å². The Balaban J connectivity index is 1.88. The Morgan fingerprint density at radius 1 is 0.850 bits per heavy atom. The minimum Gasteiger partial charge on any atom is -0.284 e. The van der Waals surface area contributed by atoms with Gasteiger partial charge in [-0.05, 0) is 48.8 Å². The van der Waals surface area contributed by atoms with Gasteiger partial charge in [0.25, 0.3) is 0 Å². The summed E-state index contributed by atoms with van der Waals surface area (Å²) in [6.07, 6.45) is -3.66. The zero-order valence-corrected chi connectivity index (χ0v) is 22.2. The van der Waals surface area contributed by atoms with Gasteiger partial charge in [-0.1, -0.05) is 75.6 Å². The summed E-state index contributed by atoms with van der Waals surface area (Å²) in [7, 11) is 0. The number of alkyl halides is 3. The van der Waals surface area contributed by atoms with Crippen LogP contribution in [0.4, 0.5) is 35.1 Å². The Kier molecular flexibility index (Phi) is 8.93. The van der Waals surface area contributed by atoms with Crippen LogP contribution >= 0.6 is 0 Å². The van der Waals surface area contributed by atoms with E-state index in [0.717, 1.165) is 12.1 Å². The lowest BCUT2D eigenvalue weighted by atomic mass is 9.64. The molecule has 0 N–H and O–H groups in total. The molecule has 1 fully saturated rings. The topological polar surface area (TPSA) is 9.23 Å². The summed E-state index contributed by atoms with van der Waals surface area (Å²) in [6.45, 7) is 3.16. The summed E-state index contributed by atoms with van der Waals surface area (Å²) in [4.78, 5) is 0. The van der Waals surface area contributed by atoms with Gasteiger partial charge in [-0.2, -0.15) is 0 Å². The molecule has 0 amide bonds. The third kappa shape index (κ3) is 5.62. The highest BCUT2D eigenvalue weighted by molar-refractivity contribution is 5.72. The molecule has 216 valence electrons. The summed E-state index contributed by atoms with van der Waals surface area (Å²) in [5.74, 6) is -11.0. The van der Waals surface area contributed by atoms with Gasteiger partial charge in [-0.3, -0.25) is 4.74 Å². The lowest BCUT2D eigenvalue weighted by Crippen LogP contribution is -2.51. The summed E-state index contributed by atoms with van der Waals surface area (Å²) in [6, 6.07) is 11.9. The summed E-state index contributed by atoms with van der Waals surface area (Å²) >= 11 is 0. The van der Waals surface area contributed by atoms with Gasteiger partial charge in [0.2, 0.25) is 0 Å². The molecule has 1 saturated carbocycles. The van der Waals surface area contributed by atoms with E-state index < -0.39 is 69.6 Å². The van der Waals surface area contributed by atoms with Crippen LogP contribution in [-0.2, 0) is 4.74 Å². The molecule has 0 saturated heterocycles. The highest BCUT2D eigenvalue weighted by Gasteiger charge is 2.55. The van der Waals surface area contributed by atoms with Crippen molar-refractivity contribution in [3.63, 3.8) is 0 Å². The zero-order chi connectivity index (χ0) is 29.2. The van der Waals surface area contributed by atoms with E-state index in [9.17, 15) is 13.2 Å². The van der Waals surface area contributed by atoms with Gasteiger partial charge >= 0.3 is 6.36 Å². The third-order valence-corrected chi connectivity index (χ3v) is 7.99. The molecule has 4 rings (SSSR count). The van der Waals surface area contributed by atoms with Crippen LogP contribution in [0.2, 0.25) is 0 Å². The molecular weight excluding hydrogens is 540 g/mol. The molecule has 1 aliphatic carbocycles. The van der Waals surface area contributed by atoms with Crippen LogP contribution in [0.15, 0.2) is 48.5 Å². The SMILES string of the molecule is CCCC1CCCCC1(OC(F)(F)F)C(CC)c1c(F)c(F)c(-c2ccc(-c3ccccc3)cc2F)c(F)c1F. The molecule has 0 spiro atoms. The van der Waals surface area contributed by atoms with Crippen molar-refractivity contribution in [2.45, 2.75) is 76.7 Å². The third-order valence-electron chi connectivity index (χ3n) is 7.99. The number of halogens is 8. The van der Waals surface area contributed by atoms with Crippen LogP contribution in [0.5, 0.6) is 0 Å². The molecule has 3 aromatic carbocycles. The monoisotopic (exact) mass is 570 g/mol. The first-order valence-corrected chi connectivity index (χ1v) is 13.4. The Morgan fingerprint density at radius 2 is 1.50 bits per heavy atom. The van der Waals surface area contributed by atoms with E-state index >= 15 is 22.0 Å². The van der Waals surface area contributed by atoms with Crippen LogP contribution in [0.25, 0.3) is 22.3 Å². The van der Waals surface area contributed by atoms with Crippen molar-refractivity contribution in [2.24, 2.45) is 5.92 Å². The fourth-order valence-electron chi connectivity index (χ4n) is 6.37. The van der Waals surface area contributed by atoms with Crippen LogP contribution in [0.1, 0.15) is 70.3 Å². The average molecular weight is 571 g/mol. The Labute approximate surface area is 228 Å². The molecule has 1 nitrogen and oxygen atoms in total. The van der Waals surface area contributed by atoms with E-state index in [1.54, 1.807) is 37.3 Å². The maximum atomic E-state index is 15.7. The standard InChI is InChI=1S/C31H30F8O/c1-3-10-20-13-8-9-16-30(20,40-31(37,38)39)22(4-2)25-28(35)26(33)24(27(34)29(25)36)21-15-14-19(17-23(21)32)18-11-6-5-7-12-18/h5-7,11-12,14-15,17,20,22H,3-4,8-10,13,16H2,1-2H3. The van der Waals surface area contributed by atoms with Gasteiger partial charge in [0.15, 0.2) is 23.3 Å². The number of rotatable bonds is 8.